The fourth-order valence-corrected chi connectivity index (χ4v) is 1.37. The van der Waals surface area contributed by atoms with Crippen molar-refractivity contribution in [3.05, 3.63) is 41.5 Å². The van der Waals surface area contributed by atoms with Crippen molar-refractivity contribution in [1.29, 1.82) is 0 Å². The van der Waals surface area contributed by atoms with E-state index in [9.17, 15) is 4.79 Å². The predicted octanol–water partition coefficient (Wildman–Crippen LogP) is 3.59. The lowest BCUT2D eigenvalue weighted by molar-refractivity contribution is -0.107. The molecule has 0 radical (unpaired) electrons. The van der Waals surface area contributed by atoms with Crippen molar-refractivity contribution in [3.63, 3.8) is 0 Å². The molecule has 0 heterocycles. The minimum absolute atomic E-state index is 0.175. The molecule has 0 saturated carbocycles. The number of hydrogen-bond donors (Lipinski definition) is 0. The van der Waals surface area contributed by atoms with Crippen molar-refractivity contribution in [1.82, 2.24) is 0 Å². The third-order valence-electron chi connectivity index (χ3n) is 2.30. The maximum atomic E-state index is 10.2. The minimum Gasteiger partial charge on any atom is -0.303 e. The minimum atomic E-state index is 0.175. The zero-order valence-electron chi connectivity index (χ0n) is 9.66. The van der Waals surface area contributed by atoms with Crippen LogP contribution in [-0.4, -0.2) is 6.29 Å². The zero-order chi connectivity index (χ0) is 11.3. The SMILES string of the molecule is CC(C)(C)c1cccc(C=CCC=O)c1. The standard InChI is InChI=1S/C14H18O/c1-14(2,3)13-9-6-8-12(11-13)7-4-5-10-15/h4,6-11H,5H2,1-3H3. The van der Waals surface area contributed by atoms with Crippen LogP contribution in [0.5, 0.6) is 0 Å². The number of aldehydes is 1. The first-order valence-electron chi connectivity index (χ1n) is 5.25. The van der Waals surface area contributed by atoms with E-state index in [1.807, 2.05) is 12.2 Å². The van der Waals surface area contributed by atoms with Gasteiger partial charge in [-0.1, -0.05) is 57.2 Å². The Morgan fingerprint density at radius 1 is 1.27 bits per heavy atom. The second-order valence-corrected chi connectivity index (χ2v) is 4.68. The molecular weight excluding hydrogens is 184 g/mol. The highest BCUT2D eigenvalue weighted by atomic mass is 16.1. The Morgan fingerprint density at radius 2 is 2.00 bits per heavy atom. The lowest BCUT2D eigenvalue weighted by Crippen LogP contribution is -2.10. The second kappa shape index (κ2) is 4.92. The first-order valence-corrected chi connectivity index (χ1v) is 5.25. The van der Waals surface area contributed by atoms with Gasteiger partial charge in [0.05, 0.1) is 0 Å². The van der Waals surface area contributed by atoms with Gasteiger partial charge in [0.15, 0.2) is 0 Å². The maximum Gasteiger partial charge on any atom is 0.123 e. The quantitative estimate of drug-likeness (QED) is 0.685. The summed E-state index contributed by atoms with van der Waals surface area (Å²) in [5.41, 5.74) is 2.65. The molecule has 0 aliphatic rings. The van der Waals surface area contributed by atoms with E-state index in [2.05, 4.69) is 45.0 Å². The molecule has 0 fully saturated rings. The van der Waals surface area contributed by atoms with E-state index in [0.717, 1.165) is 11.8 Å². The lowest BCUT2D eigenvalue weighted by atomic mass is 9.86. The van der Waals surface area contributed by atoms with Crippen molar-refractivity contribution >= 4 is 12.4 Å². The van der Waals surface area contributed by atoms with Crippen LogP contribution in [0.15, 0.2) is 30.3 Å². The van der Waals surface area contributed by atoms with E-state index < -0.39 is 0 Å². The number of rotatable bonds is 3. The molecule has 1 aromatic carbocycles. The first kappa shape index (κ1) is 11.7. The van der Waals surface area contributed by atoms with Gasteiger partial charge in [-0.3, -0.25) is 0 Å². The van der Waals surface area contributed by atoms with Crippen LogP contribution in [0.1, 0.15) is 38.3 Å². The van der Waals surface area contributed by atoms with Gasteiger partial charge in [-0.25, -0.2) is 0 Å². The van der Waals surface area contributed by atoms with Gasteiger partial charge in [-0.15, -0.1) is 0 Å². The zero-order valence-corrected chi connectivity index (χ0v) is 9.66. The number of hydrogen-bond acceptors (Lipinski definition) is 1. The Hall–Kier alpha value is -1.37. The van der Waals surface area contributed by atoms with Crippen LogP contribution < -0.4 is 0 Å². The number of benzene rings is 1. The summed E-state index contributed by atoms with van der Waals surface area (Å²) in [7, 11) is 0. The van der Waals surface area contributed by atoms with Crippen LogP contribution in [-0.2, 0) is 10.2 Å². The monoisotopic (exact) mass is 202 g/mol. The summed E-state index contributed by atoms with van der Waals surface area (Å²) in [5.74, 6) is 0. The molecule has 0 spiro atoms. The molecule has 0 N–H and O–H groups in total. The Labute approximate surface area is 91.8 Å². The summed E-state index contributed by atoms with van der Waals surface area (Å²) >= 11 is 0. The van der Waals surface area contributed by atoms with Crippen molar-refractivity contribution < 1.29 is 4.79 Å². The maximum absolute atomic E-state index is 10.2. The molecule has 0 aliphatic carbocycles. The highest BCUT2D eigenvalue weighted by molar-refractivity contribution is 5.58. The van der Waals surface area contributed by atoms with E-state index in [-0.39, 0.29) is 5.41 Å². The van der Waals surface area contributed by atoms with Crippen molar-refractivity contribution in [3.8, 4) is 0 Å². The van der Waals surface area contributed by atoms with Crippen molar-refractivity contribution in [2.24, 2.45) is 0 Å². The summed E-state index contributed by atoms with van der Waals surface area (Å²) in [6.07, 6.45) is 5.27. The fourth-order valence-electron chi connectivity index (χ4n) is 1.37. The average Bonchev–Trinajstić information content (AvgIpc) is 2.17. The van der Waals surface area contributed by atoms with Gasteiger partial charge in [0, 0.05) is 6.42 Å². The van der Waals surface area contributed by atoms with E-state index in [1.54, 1.807) is 0 Å². The molecule has 0 unspecified atom stereocenters. The molecule has 0 atom stereocenters. The summed E-state index contributed by atoms with van der Waals surface area (Å²) in [6, 6.07) is 8.41. The van der Waals surface area contributed by atoms with Crippen LogP contribution in [0.4, 0.5) is 0 Å². The van der Waals surface area contributed by atoms with E-state index in [4.69, 9.17) is 0 Å². The third-order valence-corrected chi connectivity index (χ3v) is 2.30. The Kier molecular flexibility index (Phi) is 3.84. The van der Waals surface area contributed by atoms with Crippen LogP contribution in [0.25, 0.3) is 6.08 Å². The molecule has 1 aromatic rings. The number of allylic oxidation sites excluding steroid dienone is 1. The highest BCUT2D eigenvalue weighted by Crippen LogP contribution is 2.23. The van der Waals surface area contributed by atoms with Gasteiger partial charge in [-0.05, 0) is 16.5 Å². The molecule has 0 aromatic heterocycles. The van der Waals surface area contributed by atoms with Crippen LogP contribution >= 0.6 is 0 Å². The Bertz CT molecular complexity index is 356. The Morgan fingerprint density at radius 3 is 2.60 bits per heavy atom. The molecule has 15 heavy (non-hydrogen) atoms. The second-order valence-electron chi connectivity index (χ2n) is 4.68. The van der Waals surface area contributed by atoms with Crippen LogP contribution in [0, 0.1) is 0 Å². The molecule has 1 nitrogen and oxygen atoms in total. The molecular formula is C14H18O. The predicted molar refractivity (Wildman–Crippen MR) is 64.9 cm³/mol. The average molecular weight is 202 g/mol. The van der Waals surface area contributed by atoms with E-state index in [0.29, 0.717) is 6.42 Å². The number of carbonyl (C=O) groups excluding carboxylic acids is 1. The summed E-state index contributed by atoms with van der Waals surface area (Å²) in [4.78, 5) is 10.2. The van der Waals surface area contributed by atoms with Crippen molar-refractivity contribution in [2.75, 3.05) is 0 Å². The summed E-state index contributed by atoms with van der Waals surface area (Å²) in [5, 5.41) is 0. The van der Waals surface area contributed by atoms with E-state index in [1.165, 1.54) is 5.56 Å². The van der Waals surface area contributed by atoms with Gasteiger partial charge in [-0.2, -0.15) is 0 Å². The lowest BCUT2D eigenvalue weighted by Gasteiger charge is -2.19. The fraction of sp³-hybridized carbons (Fsp3) is 0.357. The molecule has 1 heteroatoms. The van der Waals surface area contributed by atoms with Gasteiger partial charge >= 0.3 is 0 Å². The highest BCUT2D eigenvalue weighted by Gasteiger charge is 2.12. The van der Waals surface area contributed by atoms with Crippen molar-refractivity contribution in [2.45, 2.75) is 32.6 Å². The summed E-state index contributed by atoms with van der Waals surface area (Å²) < 4.78 is 0. The molecule has 0 saturated heterocycles. The van der Waals surface area contributed by atoms with Gasteiger partial charge in [0.2, 0.25) is 0 Å². The van der Waals surface area contributed by atoms with Gasteiger partial charge < -0.3 is 4.79 Å². The van der Waals surface area contributed by atoms with Crippen LogP contribution in [0.2, 0.25) is 0 Å². The Balaban J connectivity index is 2.88. The topological polar surface area (TPSA) is 17.1 Å². The van der Waals surface area contributed by atoms with Gasteiger partial charge in [0.1, 0.15) is 6.29 Å². The largest absolute Gasteiger partial charge is 0.303 e. The van der Waals surface area contributed by atoms with Crippen LogP contribution in [0.3, 0.4) is 0 Å². The third kappa shape index (κ3) is 3.70. The molecule has 0 aliphatic heterocycles. The smallest absolute Gasteiger partial charge is 0.123 e. The normalized spacial score (nSPS) is 11.9. The molecule has 1 rings (SSSR count). The molecule has 0 amide bonds. The van der Waals surface area contributed by atoms with Gasteiger partial charge in [0.25, 0.3) is 0 Å². The molecule has 0 bridgehead atoms. The number of carbonyl (C=O) groups is 1. The van der Waals surface area contributed by atoms with E-state index >= 15 is 0 Å². The first-order chi connectivity index (χ1) is 7.04. The summed E-state index contributed by atoms with van der Waals surface area (Å²) in [6.45, 7) is 6.59. The molecule has 80 valence electrons.